The van der Waals surface area contributed by atoms with Gasteiger partial charge < -0.3 is 10.0 Å². The fraction of sp³-hybridized carbons (Fsp3) is 0.321. The molecule has 0 spiro atoms. The number of hydrogen-bond acceptors (Lipinski definition) is 3. The summed E-state index contributed by atoms with van der Waals surface area (Å²) in [4.78, 5) is 32.6. The van der Waals surface area contributed by atoms with Crippen LogP contribution < -0.4 is 0 Å². The molecule has 188 valence electrons. The van der Waals surface area contributed by atoms with Crippen LogP contribution in [0.1, 0.15) is 67.9 Å². The lowest BCUT2D eigenvalue weighted by Crippen LogP contribution is -2.53. The van der Waals surface area contributed by atoms with Crippen LogP contribution in [0.5, 0.6) is 0 Å². The molecule has 4 rings (SSSR count). The molecule has 1 fully saturated rings. The molecule has 1 aliphatic heterocycles. The number of carboxylic acid groups (broad SMARTS) is 1. The summed E-state index contributed by atoms with van der Waals surface area (Å²) in [6, 6.07) is 19.5. The van der Waals surface area contributed by atoms with Crippen molar-refractivity contribution in [2.45, 2.75) is 51.1 Å². The topological polar surface area (TPSA) is 70.5 Å². The summed E-state index contributed by atoms with van der Waals surface area (Å²) in [6.45, 7) is 3.72. The lowest BCUT2D eigenvalue weighted by molar-refractivity contribution is -0.161. The van der Waals surface area contributed by atoms with Crippen LogP contribution >= 0.6 is 34.8 Å². The number of aliphatic carboxylic acids is 1. The Balaban J connectivity index is 1.96. The Morgan fingerprint density at radius 1 is 1.06 bits per heavy atom. The lowest BCUT2D eigenvalue weighted by Gasteiger charge is -2.51. The van der Waals surface area contributed by atoms with Gasteiger partial charge in [0.1, 0.15) is 5.15 Å². The molecule has 36 heavy (non-hydrogen) atoms. The minimum Gasteiger partial charge on any atom is -0.481 e. The number of aromatic nitrogens is 1. The van der Waals surface area contributed by atoms with Gasteiger partial charge in [0.2, 0.25) is 5.91 Å². The van der Waals surface area contributed by atoms with Crippen LogP contribution in [0, 0.1) is 5.41 Å². The van der Waals surface area contributed by atoms with Crippen LogP contribution in [0.4, 0.5) is 0 Å². The summed E-state index contributed by atoms with van der Waals surface area (Å²) in [5, 5.41) is 11.3. The number of piperidine rings is 1. The second kappa shape index (κ2) is 10.8. The van der Waals surface area contributed by atoms with E-state index >= 15 is 0 Å². The molecule has 1 aromatic heterocycles. The Hall–Kier alpha value is -2.60. The van der Waals surface area contributed by atoms with Gasteiger partial charge in [-0.15, -0.1) is 0 Å². The molecule has 1 N–H and O–H groups in total. The van der Waals surface area contributed by atoms with Gasteiger partial charge in [-0.05, 0) is 60.4 Å². The van der Waals surface area contributed by atoms with E-state index in [1.54, 1.807) is 31.2 Å². The van der Waals surface area contributed by atoms with E-state index in [0.717, 1.165) is 11.1 Å². The predicted molar refractivity (Wildman–Crippen MR) is 142 cm³/mol. The number of pyridine rings is 1. The first-order chi connectivity index (χ1) is 17.1. The molecule has 0 bridgehead atoms. The number of rotatable bonds is 7. The Morgan fingerprint density at radius 2 is 1.75 bits per heavy atom. The van der Waals surface area contributed by atoms with Crippen molar-refractivity contribution in [3.05, 3.63) is 98.7 Å². The molecule has 4 atom stereocenters. The molecule has 0 radical (unpaired) electrons. The minimum absolute atomic E-state index is 0.222. The molecule has 3 aromatic rings. The zero-order chi connectivity index (χ0) is 26.0. The molecule has 2 heterocycles. The highest BCUT2D eigenvalue weighted by Gasteiger charge is 2.52. The summed E-state index contributed by atoms with van der Waals surface area (Å²) in [5.41, 5.74) is 1.36. The standard InChI is InChI=1S/C28H27Cl3N2O3/c1-3-23(22-8-5-9-24(31)32-22)33-26(17-10-12-19(29)13-11-17)21(18-6-4-7-20(30)14-18)15-28(2,27(33)36)16-25(34)35/h4-14,21,23,26H,3,15-16H2,1-2H3,(H,34,35)/t21-,23+,26-,28-/m1/s1. The average Bonchev–Trinajstić information content (AvgIpc) is 2.82. The van der Waals surface area contributed by atoms with Crippen molar-refractivity contribution in [1.82, 2.24) is 9.88 Å². The largest absolute Gasteiger partial charge is 0.481 e. The first-order valence-corrected chi connectivity index (χ1v) is 12.9. The number of benzene rings is 2. The fourth-order valence-corrected chi connectivity index (χ4v) is 5.88. The van der Waals surface area contributed by atoms with E-state index in [1.807, 2.05) is 54.3 Å². The van der Waals surface area contributed by atoms with Crippen LogP contribution in [-0.4, -0.2) is 26.9 Å². The van der Waals surface area contributed by atoms with E-state index in [-0.39, 0.29) is 18.2 Å². The number of carbonyl (C=O) groups excluding carboxylic acids is 1. The van der Waals surface area contributed by atoms with Gasteiger partial charge in [-0.2, -0.15) is 0 Å². The normalized spacial score (nSPS) is 22.9. The van der Waals surface area contributed by atoms with Crippen LogP contribution in [0.15, 0.2) is 66.7 Å². The van der Waals surface area contributed by atoms with E-state index in [2.05, 4.69) is 4.98 Å². The maximum atomic E-state index is 14.3. The number of nitrogens with zero attached hydrogens (tertiary/aromatic N) is 2. The molecule has 1 aliphatic rings. The third kappa shape index (κ3) is 5.39. The minimum atomic E-state index is -1.13. The molecule has 5 nitrogen and oxygen atoms in total. The second-order valence-corrected chi connectivity index (χ2v) is 10.8. The lowest BCUT2D eigenvalue weighted by atomic mass is 9.67. The molecular formula is C28H27Cl3N2O3. The third-order valence-corrected chi connectivity index (χ3v) is 7.63. The molecule has 0 aliphatic carbocycles. The van der Waals surface area contributed by atoms with Crippen molar-refractivity contribution >= 4 is 46.7 Å². The summed E-state index contributed by atoms with van der Waals surface area (Å²) in [5.74, 6) is -1.47. The molecule has 1 saturated heterocycles. The van der Waals surface area contributed by atoms with Gasteiger partial charge in [0.25, 0.3) is 0 Å². The zero-order valence-electron chi connectivity index (χ0n) is 20.0. The summed E-state index contributed by atoms with van der Waals surface area (Å²) in [6.07, 6.45) is 0.627. The van der Waals surface area contributed by atoms with Gasteiger partial charge in [-0.3, -0.25) is 9.59 Å². The van der Waals surface area contributed by atoms with Crippen molar-refractivity contribution in [3.8, 4) is 0 Å². The van der Waals surface area contributed by atoms with Crippen molar-refractivity contribution < 1.29 is 14.7 Å². The Kier molecular flexibility index (Phi) is 7.93. The highest BCUT2D eigenvalue weighted by Crippen LogP contribution is 2.54. The van der Waals surface area contributed by atoms with Crippen molar-refractivity contribution in [1.29, 1.82) is 0 Å². The van der Waals surface area contributed by atoms with E-state index in [4.69, 9.17) is 34.8 Å². The first-order valence-electron chi connectivity index (χ1n) is 11.8. The number of carbonyl (C=O) groups is 2. The second-order valence-electron chi connectivity index (χ2n) is 9.51. The maximum absolute atomic E-state index is 14.3. The van der Waals surface area contributed by atoms with Crippen LogP contribution in [-0.2, 0) is 9.59 Å². The molecule has 0 saturated carbocycles. The van der Waals surface area contributed by atoms with Gasteiger partial charge in [0.15, 0.2) is 0 Å². The van der Waals surface area contributed by atoms with Gasteiger partial charge in [-0.1, -0.05) is 79.0 Å². The van der Waals surface area contributed by atoms with E-state index in [9.17, 15) is 14.7 Å². The predicted octanol–water partition coefficient (Wildman–Crippen LogP) is 7.73. The van der Waals surface area contributed by atoms with Crippen LogP contribution in [0.2, 0.25) is 15.2 Å². The quantitative estimate of drug-likeness (QED) is 0.308. The van der Waals surface area contributed by atoms with Crippen LogP contribution in [0.25, 0.3) is 0 Å². The highest BCUT2D eigenvalue weighted by molar-refractivity contribution is 6.31. The molecule has 1 amide bonds. The van der Waals surface area contributed by atoms with Crippen molar-refractivity contribution in [3.63, 3.8) is 0 Å². The van der Waals surface area contributed by atoms with Gasteiger partial charge in [-0.25, -0.2) is 4.98 Å². The SMILES string of the molecule is CC[C@@H](c1cccc(Cl)n1)N1C(=O)[C@@](C)(CC(=O)O)C[C@H](c2cccc(Cl)c2)[C@H]1c1ccc(Cl)cc1. The van der Waals surface area contributed by atoms with Crippen LogP contribution in [0.3, 0.4) is 0 Å². The first kappa shape index (κ1) is 26.5. The number of amides is 1. The van der Waals surface area contributed by atoms with E-state index in [0.29, 0.717) is 33.7 Å². The van der Waals surface area contributed by atoms with Gasteiger partial charge in [0, 0.05) is 16.0 Å². The molecule has 8 heteroatoms. The molecule has 0 unspecified atom stereocenters. The van der Waals surface area contributed by atoms with E-state index < -0.39 is 23.5 Å². The Labute approximate surface area is 226 Å². The number of hydrogen-bond donors (Lipinski definition) is 1. The van der Waals surface area contributed by atoms with Crippen molar-refractivity contribution in [2.75, 3.05) is 0 Å². The zero-order valence-corrected chi connectivity index (χ0v) is 22.3. The molecule has 2 aromatic carbocycles. The number of halogens is 3. The summed E-state index contributed by atoms with van der Waals surface area (Å²) < 4.78 is 0. The van der Waals surface area contributed by atoms with Crippen molar-refractivity contribution in [2.24, 2.45) is 5.41 Å². The van der Waals surface area contributed by atoms with E-state index in [1.165, 1.54) is 0 Å². The Morgan fingerprint density at radius 3 is 2.36 bits per heavy atom. The van der Waals surface area contributed by atoms with Gasteiger partial charge >= 0.3 is 5.97 Å². The average molecular weight is 546 g/mol. The third-order valence-electron chi connectivity index (χ3n) is 6.93. The monoisotopic (exact) mass is 544 g/mol. The number of likely N-dealkylation sites (tertiary alicyclic amines) is 1. The summed E-state index contributed by atoms with van der Waals surface area (Å²) >= 11 is 18.8. The Bertz CT molecular complexity index is 1270. The fourth-order valence-electron chi connectivity index (χ4n) is 5.38. The summed E-state index contributed by atoms with van der Waals surface area (Å²) in [7, 11) is 0. The number of carboxylic acids is 1. The molecular weight excluding hydrogens is 519 g/mol. The highest BCUT2D eigenvalue weighted by atomic mass is 35.5. The smallest absolute Gasteiger partial charge is 0.304 e. The maximum Gasteiger partial charge on any atom is 0.304 e. The van der Waals surface area contributed by atoms with Gasteiger partial charge in [0.05, 0.1) is 29.6 Å².